The van der Waals surface area contributed by atoms with Crippen LogP contribution in [-0.4, -0.2) is 21.9 Å². The van der Waals surface area contributed by atoms with Gasteiger partial charge in [0.1, 0.15) is 6.23 Å². The highest BCUT2D eigenvalue weighted by atomic mass is 16.5. The number of aliphatic hydroxyl groups is 1. The molecule has 19 heavy (non-hydrogen) atoms. The van der Waals surface area contributed by atoms with Gasteiger partial charge in [0.15, 0.2) is 0 Å². The maximum absolute atomic E-state index is 12.4. The van der Waals surface area contributed by atoms with Crippen molar-refractivity contribution in [3.8, 4) is 0 Å². The minimum absolute atomic E-state index is 0.0303. The standard InChI is InChI=1S/C15H23NO3/c1-11(2)9-12-5-4-8-16(14(12)17)13-6-7-15(3,18)10-19-13/h4-5,8,11,13,18H,6-7,9-10H2,1-3H3/t13-,15+/m1/s1. The molecule has 0 spiro atoms. The highest BCUT2D eigenvalue weighted by molar-refractivity contribution is 5.11. The first-order valence-corrected chi connectivity index (χ1v) is 6.93. The van der Waals surface area contributed by atoms with Crippen molar-refractivity contribution in [1.29, 1.82) is 0 Å². The van der Waals surface area contributed by atoms with Crippen molar-refractivity contribution in [1.82, 2.24) is 4.57 Å². The Hall–Kier alpha value is -1.13. The zero-order chi connectivity index (χ0) is 14.0. The van der Waals surface area contributed by atoms with Crippen LogP contribution in [0.25, 0.3) is 0 Å². The Labute approximate surface area is 114 Å². The molecule has 106 valence electrons. The average Bonchev–Trinajstić information content (AvgIpc) is 2.32. The van der Waals surface area contributed by atoms with Crippen molar-refractivity contribution in [3.05, 3.63) is 34.2 Å². The van der Waals surface area contributed by atoms with Crippen LogP contribution in [-0.2, 0) is 11.2 Å². The van der Waals surface area contributed by atoms with Crippen LogP contribution in [0.5, 0.6) is 0 Å². The second-order valence-electron chi connectivity index (χ2n) is 6.15. The Bertz CT molecular complexity index is 480. The lowest BCUT2D eigenvalue weighted by Gasteiger charge is -2.34. The largest absolute Gasteiger partial charge is 0.388 e. The summed E-state index contributed by atoms with van der Waals surface area (Å²) in [5, 5.41) is 9.87. The minimum atomic E-state index is -0.768. The molecule has 0 saturated carbocycles. The van der Waals surface area contributed by atoms with Gasteiger partial charge in [-0.1, -0.05) is 19.9 Å². The molecule has 1 saturated heterocycles. The number of pyridine rings is 1. The van der Waals surface area contributed by atoms with Gasteiger partial charge >= 0.3 is 0 Å². The highest BCUT2D eigenvalue weighted by Crippen LogP contribution is 2.27. The molecule has 4 heteroatoms. The van der Waals surface area contributed by atoms with Gasteiger partial charge in [-0.25, -0.2) is 0 Å². The zero-order valence-corrected chi connectivity index (χ0v) is 11.9. The molecule has 1 aliphatic rings. The van der Waals surface area contributed by atoms with Crippen molar-refractivity contribution in [2.75, 3.05) is 6.61 Å². The van der Waals surface area contributed by atoms with Crippen LogP contribution in [0.2, 0.25) is 0 Å². The SMILES string of the molecule is CC(C)Cc1cccn([C@H]2CC[C@](C)(O)CO2)c1=O. The van der Waals surface area contributed by atoms with Crippen molar-refractivity contribution in [2.24, 2.45) is 5.92 Å². The average molecular weight is 265 g/mol. The summed E-state index contributed by atoms with van der Waals surface area (Å²) >= 11 is 0. The third-order valence-electron chi connectivity index (χ3n) is 3.51. The van der Waals surface area contributed by atoms with Crippen molar-refractivity contribution in [3.63, 3.8) is 0 Å². The third kappa shape index (κ3) is 3.45. The lowest BCUT2D eigenvalue weighted by Crippen LogP contribution is -2.40. The second kappa shape index (κ2) is 5.47. The minimum Gasteiger partial charge on any atom is -0.388 e. The summed E-state index contributed by atoms with van der Waals surface area (Å²) in [6, 6.07) is 3.78. The Balaban J connectivity index is 2.19. The van der Waals surface area contributed by atoms with E-state index in [0.29, 0.717) is 18.8 Å². The lowest BCUT2D eigenvalue weighted by atomic mass is 9.98. The molecule has 0 amide bonds. The predicted molar refractivity (Wildman–Crippen MR) is 74.1 cm³/mol. The Morgan fingerprint density at radius 2 is 2.32 bits per heavy atom. The molecule has 2 atom stereocenters. The van der Waals surface area contributed by atoms with Crippen molar-refractivity contribution in [2.45, 2.75) is 51.9 Å². The Morgan fingerprint density at radius 1 is 1.58 bits per heavy atom. The summed E-state index contributed by atoms with van der Waals surface area (Å²) in [4.78, 5) is 12.4. The van der Waals surface area contributed by atoms with E-state index in [1.165, 1.54) is 0 Å². The van der Waals surface area contributed by atoms with E-state index in [-0.39, 0.29) is 18.4 Å². The summed E-state index contributed by atoms with van der Waals surface area (Å²) in [5.41, 5.74) is 0.0940. The van der Waals surface area contributed by atoms with E-state index in [1.54, 1.807) is 17.7 Å². The molecule has 1 N–H and O–H groups in total. The fourth-order valence-electron chi connectivity index (χ4n) is 2.46. The molecule has 1 fully saturated rings. The molecule has 1 aliphatic heterocycles. The van der Waals surface area contributed by atoms with Gasteiger partial charge in [0.25, 0.3) is 5.56 Å². The fourth-order valence-corrected chi connectivity index (χ4v) is 2.46. The van der Waals surface area contributed by atoms with Crippen molar-refractivity contribution >= 4 is 0 Å². The van der Waals surface area contributed by atoms with E-state index in [2.05, 4.69) is 13.8 Å². The quantitative estimate of drug-likeness (QED) is 0.910. The monoisotopic (exact) mass is 265 g/mol. The molecule has 0 unspecified atom stereocenters. The summed E-state index contributed by atoms with van der Waals surface area (Å²) in [7, 11) is 0. The third-order valence-corrected chi connectivity index (χ3v) is 3.51. The molecular formula is C15H23NO3. The number of aromatic nitrogens is 1. The van der Waals surface area contributed by atoms with Gasteiger partial charge in [0.05, 0.1) is 12.2 Å². The van der Waals surface area contributed by atoms with Gasteiger partial charge < -0.3 is 9.84 Å². The van der Waals surface area contributed by atoms with E-state index in [4.69, 9.17) is 4.74 Å². The van der Waals surface area contributed by atoms with Crippen LogP contribution in [0.1, 0.15) is 45.4 Å². The molecule has 1 aromatic heterocycles. The molecule has 2 rings (SSSR count). The molecule has 0 radical (unpaired) electrons. The molecule has 0 aliphatic carbocycles. The van der Waals surface area contributed by atoms with Gasteiger partial charge in [-0.15, -0.1) is 0 Å². The molecule has 1 aromatic rings. The fraction of sp³-hybridized carbons (Fsp3) is 0.667. The Morgan fingerprint density at radius 3 is 2.89 bits per heavy atom. The number of ether oxygens (including phenoxy) is 1. The van der Waals surface area contributed by atoms with E-state index >= 15 is 0 Å². The van der Waals surface area contributed by atoms with Crippen LogP contribution >= 0.6 is 0 Å². The maximum atomic E-state index is 12.4. The first-order valence-electron chi connectivity index (χ1n) is 6.93. The molecule has 0 aromatic carbocycles. The van der Waals surface area contributed by atoms with Crippen LogP contribution in [0.4, 0.5) is 0 Å². The van der Waals surface area contributed by atoms with E-state index in [9.17, 15) is 9.90 Å². The summed E-state index contributed by atoms with van der Waals surface area (Å²) in [6.07, 6.45) is 3.62. The van der Waals surface area contributed by atoms with Crippen LogP contribution < -0.4 is 5.56 Å². The summed E-state index contributed by atoms with van der Waals surface area (Å²) in [5.74, 6) is 0.455. The number of hydrogen-bond donors (Lipinski definition) is 1. The lowest BCUT2D eigenvalue weighted by molar-refractivity contribution is -0.135. The van der Waals surface area contributed by atoms with E-state index in [1.807, 2.05) is 12.1 Å². The molecule has 4 nitrogen and oxygen atoms in total. The zero-order valence-electron chi connectivity index (χ0n) is 11.9. The van der Waals surface area contributed by atoms with Crippen LogP contribution in [0.3, 0.4) is 0 Å². The van der Waals surface area contributed by atoms with Crippen LogP contribution in [0, 0.1) is 5.92 Å². The van der Waals surface area contributed by atoms with Gasteiger partial charge in [0, 0.05) is 11.8 Å². The second-order valence-corrected chi connectivity index (χ2v) is 6.15. The summed E-state index contributed by atoms with van der Waals surface area (Å²) in [6.45, 7) is 6.25. The highest BCUT2D eigenvalue weighted by Gasteiger charge is 2.30. The normalized spacial score (nSPS) is 27.7. The van der Waals surface area contributed by atoms with Gasteiger partial charge in [-0.3, -0.25) is 9.36 Å². The molecule has 0 bridgehead atoms. The van der Waals surface area contributed by atoms with Crippen molar-refractivity contribution < 1.29 is 9.84 Å². The smallest absolute Gasteiger partial charge is 0.255 e. The van der Waals surface area contributed by atoms with E-state index in [0.717, 1.165) is 12.0 Å². The van der Waals surface area contributed by atoms with Gasteiger partial charge in [0.2, 0.25) is 0 Å². The Kier molecular flexibility index (Phi) is 4.11. The first-order chi connectivity index (χ1) is 8.89. The predicted octanol–water partition coefficient (Wildman–Crippen LogP) is 2.11. The topological polar surface area (TPSA) is 51.5 Å². The first kappa shape index (κ1) is 14.3. The molecular weight excluding hydrogens is 242 g/mol. The van der Waals surface area contributed by atoms with Gasteiger partial charge in [-0.05, 0) is 38.2 Å². The number of rotatable bonds is 3. The number of nitrogens with zero attached hydrogens (tertiary/aromatic N) is 1. The van der Waals surface area contributed by atoms with Crippen LogP contribution in [0.15, 0.2) is 23.1 Å². The van der Waals surface area contributed by atoms with Gasteiger partial charge in [-0.2, -0.15) is 0 Å². The molecule has 2 heterocycles. The summed E-state index contributed by atoms with van der Waals surface area (Å²) < 4.78 is 7.29. The van der Waals surface area contributed by atoms with E-state index < -0.39 is 5.60 Å². The maximum Gasteiger partial charge on any atom is 0.255 e. The number of hydrogen-bond acceptors (Lipinski definition) is 3.